The molecule has 0 spiro atoms. The largest absolute Gasteiger partial charge is 0.467 e. The van der Waals surface area contributed by atoms with Gasteiger partial charge in [-0.2, -0.15) is 0 Å². The summed E-state index contributed by atoms with van der Waals surface area (Å²) in [6.45, 7) is 1.99. The molecule has 24 heavy (non-hydrogen) atoms. The summed E-state index contributed by atoms with van der Waals surface area (Å²) in [5.74, 6) is -1.56. The Kier molecular flexibility index (Phi) is 5.94. The second-order valence-electron chi connectivity index (χ2n) is 5.27. The van der Waals surface area contributed by atoms with Crippen molar-refractivity contribution >= 4 is 23.8 Å². The average molecular weight is 337 g/mol. The van der Waals surface area contributed by atoms with Crippen molar-refractivity contribution in [1.82, 2.24) is 15.5 Å². The maximum Gasteiger partial charge on any atom is 0.321 e. The van der Waals surface area contributed by atoms with Crippen LogP contribution in [0.5, 0.6) is 0 Å². The molecule has 130 valence electrons. The Bertz CT molecular complexity index is 613. The van der Waals surface area contributed by atoms with Crippen LogP contribution < -0.4 is 10.6 Å². The van der Waals surface area contributed by atoms with Gasteiger partial charge in [0.15, 0.2) is 6.61 Å². The molecule has 1 saturated heterocycles. The number of hydrogen-bond acceptors (Lipinski definition) is 6. The molecule has 9 heteroatoms. The number of imide groups is 1. The van der Waals surface area contributed by atoms with Gasteiger partial charge in [0.05, 0.1) is 18.7 Å². The zero-order valence-electron chi connectivity index (χ0n) is 13.2. The van der Waals surface area contributed by atoms with Gasteiger partial charge in [-0.25, -0.2) is 4.79 Å². The first-order valence-electron chi connectivity index (χ1n) is 7.54. The van der Waals surface area contributed by atoms with E-state index in [1.165, 1.54) is 11.2 Å². The second-order valence-corrected chi connectivity index (χ2v) is 5.27. The molecule has 2 N–H and O–H groups in total. The number of urea groups is 1. The van der Waals surface area contributed by atoms with Gasteiger partial charge in [-0.1, -0.05) is 0 Å². The third-order valence-electron chi connectivity index (χ3n) is 3.41. The van der Waals surface area contributed by atoms with E-state index < -0.39 is 30.4 Å². The quantitative estimate of drug-likeness (QED) is 0.707. The predicted octanol–water partition coefficient (Wildman–Crippen LogP) is 0.0170. The number of nitrogens with one attached hydrogen (secondary N) is 2. The molecule has 0 bridgehead atoms. The van der Waals surface area contributed by atoms with Crippen molar-refractivity contribution in [2.75, 3.05) is 19.7 Å². The standard InChI is InChI=1S/C15H19N3O6/c1-2-16-15(22)17-12(19)9-24-14(21)10-6-13(20)18(7-10)8-11-4-3-5-23-11/h3-5,10H,2,6-9H2,1H3,(H2,16,17,19,22)/t10-/m0/s1. The van der Waals surface area contributed by atoms with E-state index in [-0.39, 0.29) is 25.4 Å². The minimum absolute atomic E-state index is 0.0253. The molecule has 2 heterocycles. The van der Waals surface area contributed by atoms with E-state index in [2.05, 4.69) is 5.32 Å². The van der Waals surface area contributed by atoms with Crippen molar-refractivity contribution < 1.29 is 28.3 Å². The Morgan fingerprint density at radius 2 is 2.21 bits per heavy atom. The molecule has 4 amide bonds. The third kappa shape index (κ3) is 4.83. The van der Waals surface area contributed by atoms with Crippen LogP contribution in [0.2, 0.25) is 0 Å². The van der Waals surface area contributed by atoms with E-state index in [9.17, 15) is 19.2 Å². The summed E-state index contributed by atoms with van der Waals surface area (Å²) in [7, 11) is 0. The molecule has 1 aliphatic rings. The molecule has 1 aromatic heterocycles. The molecule has 2 rings (SSSR count). The minimum Gasteiger partial charge on any atom is -0.467 e. The van der Waals surface area contributed by atoms with Crippen molar-refractivity contribution in [1.29, 1.82) is 0 Å². The fourth-order valence-corrected chi connectivity index (χ4v) is 2.30. The van der Waals surface area contributed by atoms with Gasteiger partial charge in [0.1, 0.15) is 5.76 Å². The van der Waals surface area contributed by atoms with Crippen molar-refractivity contribution in [3.63, 3.8) is 0 Å². The molecule has 0 aromatic carbocycles. The van der Waals surface area contributed by atoms with E-state index >= 15 is 0 Å². The van der Waals surface area contributed by atoms with Crippen LogP contribution in [0, 0.1) is 5.92 Å². The zero-order chi connectivity index (χ0) is 17.5. The molecule has 9 nitrogen and oxygen atoms in total. The van der Waals surface area contributed by atoms with Crippen molar-refractivity contribution in [2.45, 2.75) is 19.9 Å². The molecular weight excluding hydrogens is 318 g/mol. The molecule has 1 aliphatic heterocycles. The number of nitrogens with zero attached hydrogens (tertiary/aromatic N) is 1. The molecule has 1 fully saturated rings. The number of ether oxygens (including phenoxy) is 1. The van der Waals surface area contributed by atoms with Crippen molar-refractivity contribution in [3.05, 3.63) is 24.2 Å². The number of likely N-dealkylation sites (tertiary alicyclic amines) is 1. The number of carbonyl (C=O) groups is 4. The van der Waals surface area contributed by atoms with Crippen LogP contribution in [0.4, 0.5) is 4.79 Å². The summed E-state index contributed by atoms with van der Waals surface area (Å²) in [6.07, 6.45) is 1.53. The summed E-state index contributed by atoms with van der Waals surface area (Å²) in [5, 5.41) is 4.40. The van der Waals surface area contributed by atoms with Gasteiger partial charge in [0.25, 0.3) is 5.91 Å². The Morgan fingerprint density at radius 3 is 2.88 bits per heavy atom. The summed E-state index contributed by atoms with van der Waals surface area (Å²) in [4.78, 5) is 48.0. The Balaban J connectivity index is 1.76. The van der Waals surface area contributed by atoms with E-state index in [0.29, 0.717) is 12.3 Å². The van der Waals surface area contributed by atoms with Gasteiger partial charge in [0.2, 0.25) is 5.91 Å². The van der Waals surface area contributed by atoms with Crippen LogP contribution in [0.15, 0.2) is 22.8 Å². The molecule has 1 atom stereocenters. The number of furan rings is 1. The Labute approximate surface area is 138 Å². The lowest BCUT2D eigenvalue weighted by atomic mass is 10.1. The maximum absolute atomic E-state index is 11.9. The van der Waals surface area contributed by atoms with Crippen molar-refractivity contribution in [3.8, 4) is 0 Å². The highest BCUT2D eigenvalue weighted by Gasteiger charge is 2.35. The monoisotopic (exact) mass is 337 g/mol. The molecule has 0 saturated carbocycles. The number of esters is 1. The molecular formula is C15H19N3O6. The summed E-state index contributed by atoms with van der Waals surface area (Å²) in [6, 6.07) is 2.80. The Morgan fingerprint density at radius 1 is 1.42 bits per heavy atom. The van der Waals surface area contributed by atoms with E-state index in [4.69, 9.17) is 9.15 Å². The Hall–Kier alpha value is -2.84. The first-order chi connectivity index (χ1) is 11.5. The fraction of sp³-hybridized carbons (Fsp3) is 0.467. The highest BCUT2D eigenvalue weighted by molar-refractivity contribution is 5.95. The van der Waals surface area contributed by atoms with Gasteiger partial charge in [-0.15, -0.1) is 0 Å². The number of carbonyl (C=O) groups excluding carboxylic acids is 4. The van der Waals surface area contributed by atoms with Crippen LogP contribution in [-0.4, -0.2) is 48.4 Å². The van der Waals surface area contributed by atoms with Gasteiger partial charge in [0, 0.05) is 19.5 Å². The molecule has 1 aromatic rings. The molecule has 0 radical (unpaired) electrons. The van der Waals surface area contributed by atoms with Crippen LogP contribution in [-0.2, 0) is 25.7 Å². The second kappa shape index (κ2) is 8.14. The first-order valence-corrected chi connectivity index (χ1v) is 7.54. The smallest absolute Gasteiger partial charge is 0.321 e. The number of hydrogen-bond donors (Lipinski definition) is 2. The lowest BCUT2D eigenvalue weighted by Crippen LogP contribution is -2.41. The highest BCUT2D eigenvalue weighted by atomic mass is 16.5. The maximum atomic E-state index is 11.9. The van der Waals surface area contributed by atoms with Gasteiger partial charge < -0.3 is 19.4 Å². The normalized spacial score (nSPS) is 16.8. The van der Waals surface area contributed by atoms with Gasteiger partial charge in [-0.05, 0) is 19.1 Å². The van der Waals surface area contributed by atoms with E-state index in [0.717, 1.165) is 0 Å². The zero-order valence-corrected chi connectivity index (χ0v) is 13.2. The fourth-order valence-electron chi connectivity index (χ4n) is 2.30. The molecule has 0 unspecified atom stereocenters. The van der Waals surface area contributed by atoms with Crippen LogP contribution in [0.1, 0.15) is 19.1 Å². The highest BCUT2D eigenvalue weighted by Crippen LogP contribution is 2.21. The third-order valence-corrected chi connectivity index (χ3v) is 3.41. The summed E-state index contributed by atoms with van der Waals surface area (Å²) >= 11 is 0. The predicted molar refractivity (Wildman–Crippen MR) is 80.4 cm³/mol. The van der Waals surface area contributed by atoms with Crippen LogP contribution in [0.3, 0.4) is 0 Å². The topological polar surface area (TPSA) is 118 Å². The van der Waals surface area contributed by atoms with E-state index in [1.54, 1.807) is 19.1 Å². The van der Waals surface area contributed by atoms with Gasteiger partial charge in [-0.3, -0.25) is 19.7 Å². The van der Waals surface area contributed by atoms with Crippen LogP contribution >= 0.6 is 0 Å². The summed E-state index contributed by atoms with van der Waals surface area (Å²) in [5.41, 5.74) is 0. The number of rotatable bonds is 6. The SMILES string of the molecule is CCNC(=O)NC(=O)COC(=O)[C@H]1CC(=O)N(Cc2ccco2)C1. The molecule has 0 aliphatic carbocycles. The van der Waals surface area contributed by atoms with E-state index in [1.807, 2.05) is 5.32 Å². The lowest BCUT2D eigenvalue weighted by Gasteiger charge is -2.14. The first kappa shape index (κ1) is 17.5. The summed E-state index contributed by atoms with van der Waals surface area (Å²) < 4.78 is 10.0. The number of amides is 4. The lowest BCUT2D eigenvalue weighted by molar-refractivity contribution is -0.152. The van der Waals surface area contributed by atoms with Crippen LogP contribution in [0.25, 0.3) is 0 Å². The van der Waals surface area contributed by atoms with Gasteiger partial charge >= 0.3 is 12.0 Å². The average Bonchev–Trinajstić information content (AvgIpc) is 3.16. The minimum atomic E-state index is -0.730. The van der Waals surface area contributed by atoms with Crippen molar-refractivity contribution in [2.24, 2.45) is 5.92 Å².